The highest BCUT2D eigenvalue weighted by atomic mass is 16.2. The molecule has 4 heteroatoms. The maximum Gasteiger partial charge on any atom is 0.235 e. The summed E-state index contributed by atoms with van der Waals surface area (Å²) in [6.07, 6.45) is 3.91. The molecule has 0 fully saturated rings. The number of nitrogens with zero attached hydrogens (tertiary/aromatic N) is 3. The second kappa shape index (κ2) is 7.55. The molecule has 1 aliphatic rings. The molecule has 0 spiro atoms. The van der Waals surface area contributed by atoms with Crippen LogP contribution >= 0.6 is 0 Å². The van der Waals surface area contributed by atoms with E-state index in [0.717, 1.165) is 49.1 Å². The SMILES string of the molecule is CCCC1CC(CCN(C)c2ccccc2)c2nc3ccccc3n2C1=O. The Hall–Kier alpha value is -2.62. The summed E-state index contributed by atoms with van der Waals surface area (Å²) in [4.78, 5) is 20.2. The van der Waals surface area contributed by atoms with E-state index in [1.807, 2.05) is 34.9 Å². The summed E-state index contributed by atoms with van der Waals surface area (Å²) in [5.41, 5.74) is 3.11. The van der Waals surface area contributed by atoms with Gasteiger partial charge in [-0.25, -0.2) is 4.98 Å². The molecule has 2 heterocycles. The van der Waals surface area contributed by atoms with Crippen molar-refractivity contribution in [1.82, 2.24) is 9.55 Å². The van der Waals surface area contributed by atoms with Gasteiger partial charge in [0.25, 0.3) is 0 Å². The predicted molar refractivity (Wildman–Crippen MR) is 110 cm³/mol. The number of aromatic nitrogens is 2. The number of anilines is 1. The average Bonchev–Trinajstić information content (AvgIpc) is 3.10. The van der Waals surface area contributed by atoms with Gasteiger partial charge in [-0.1, -0.05) is 43.7 Å². The average molecular weight is 361 g/mol. The Kier molecular flexibility index (Phi) is 4.97. The third kappa shape index (κ3) is 3.36. The fraction of sp³-hybridized carbons (Fsp3) is 0.391. The van der Waals surface area contributed by atoms with E-state index < -0.39 is 0 Å². The minimum atomic E-state index is 0.104. The van der Waals surface area contributed by atoms with Gasteiger partial charge in [0.05, 0.1) is 11.0 Å². The van der Waals surface area contributed by atoms with Gasteiger partial charge in [0, 0.05) is 31.1 Å². The number of hydrogen-bond donors (Lipinski definition) is 0. The molecule has 1 aliphatic heterocycles. The van der Waals surface area contributed by atoms with Crippen LogP contribution in [0.1, 0.15) is 49.1 Å². The van der Waals surface area contributed by atoms with E-state index in [1.165, 1.54) is 5.69 Å². The first-order valence-electron chi connectivity index (χ1n) is 9.96. The summed E-state index contributed by atoms with van der Waals surface area (Å²) in [6, 6.07) is 18.5. The third-order valence-electron chi connectivity index (χ3n) is 5.74. The molecular weight excluding hydrogens is 334 g/mol. The van der Waals surface area contributed by atoms with Crippen molar-refractivity contribution >= 4 is 22.6 Å². The van der Waals surface area contributed by atoms with Crippen LogP contribution in [0.25, 0.3) is 11.0 Å². The lowest BCUT2D eigenvalue weighted by Crippen LogP contribution is -2.33. The second-order valence-corrected chi connectivity index (χ2v) is 7.60. The largest absolute Gasteiger partial charge is 0.375 e. The van der Waals surface area contributed by atoms with Crippen molar-refractivity contribution in [2.24, 2.45) is 5.92 Å². The number of carbonyl (C=O) groups excluding carboxylic acids is 1. The van der Waals surface area contributed by atoms with Gasteiger partial charge in [0.15, 0.2) is 0 Å². The molecule has 2 atom stereocenters. The van der Waals surface area contributed by atoms with Crippen molar-refractivity contribution in [3.8, 4) is 0 Å². The van der Waals surface area contributed by atoms with Crippen molar-refractivity contribution < 1.29 is 4.79 Å². The van der Waals surface area contributed by atoms with Gasteiger partial charge < -0.3 is 4.90 Å². The summed E-state index contributed by atoms with van der Waals surface area (Å²) in [5, 5.41) is 0. The quantitative estimate of drug-likeness (QED) is 0.612. The summed E-state index contributed by atoms with van der Waals surface area (Å²) in [7, 11) is 2.13. The Morgan fingerprint density at radius 2 is 1.78 bits per heavy atom. The first kappa shape index (κ1) is 17.8. The van der Waals surface area contributed by atoms with Crippen LogP contribution in [0.3, 0.4) is 0 Å². The summed E-state index contributed by atoms with van der Waals surface area (Å²) in [6.45, 7) is 3.11. The lowest BCUT2D eigenvalue weighted by molar-refractivity contribution is 0.0781. The number of carbonyl (C=O) groups is 1. The van der Waals surface area contributed by atoms with E-state index >= 15 is 0 Å². The van der Waals surface area contributed by atoms with Crippen LogP contribution in [0.2, 0.25) is 0 Å². The van der Waals surface area contributed by atoms with Crippen molar-refractivity contribution in [3.63, 3.8) is 0 Å². The molecule has 1 aromatic heterocycles. The Morgan fingerprint density at radius 3 is 2.56 bits per heavy atom. The van der Waals surface area contributed by atoms with Crippen molar-refractivity contribution in [2.45, 2.75) is 38.5 Å². The minimum Gasteiger partial charge on any atom is -0.375 e. The first-order chi connectivity index (χ1) is 13.2. The van der Waals surface area contributed by atoms with Gasteiger partial charge in [0.1, 0.15) is 5.82 Å². The van der Waals surface area contributed by atoms with E-state index in [4.69, 9.17) is 4.98 Å². The molecule has 0 amide bonds. The highest BCUT2D eigenvalue weighted by Crippen LogP contribution is 2.37. The number of rotatable bonds is 6. The zero-order valence-electron chi connectivity index (χ0n) is 16.1. The molecule has 27 heavy (non-hydrogen) atoms. The smallest absolute Gasteiger partial charge is 0.235 e. The summed E-state index contributed by atoms with van der Waals surface area (Å²) < 4.78 is 1.91. The van der Waals surface area contributed by atoms with Gasteiger partial charge in [-0.3, -0.25) is 9.36 Å². The molecule has 0 N–H and O–H groups in total. The van der Waals surface area contributed by atoms with Crippen LogP contribution in [0.15, 0.2) is 54.6 Å². The third-order valence-corrected chi connectivity index (χ3v) is 5.74. The van der Waals surface area contributed by atoms with Gasteiger partial charge in [-0.2, -0.15) is 0 Å². The zero-order chi connectivity index (χ0) is 18.8. The van der Waals surface area contributed by atoms with E-state index in [9.17, 15) is 4.79 Å². The summed E-state index contributed by atoms with van der Waals surface area (Å²) >= 11 is 0. The fourth-order valence-corrected chi connectivity index (χ4v) is 4.28. The number of para-hydroxylation sites is 3. The fourth-order valence-electron chi connectivity index (χ4n) is 4.28. The highest BCUT2D eigenvalue weighted by Gasteiger charge is 2.35. The molecule has 0 saturated carbocycles. The Labute approximate surface area is 160 Å². The molecule has 0 aliphatic carbocycles. The highest BCUT2D eigenvalue weighted by molar-refractivity contribution is 5.93. The molecule has 2 aromatic carbocycles. The molecule has 0 saturated heterocycles. The maximum atomic E-state index is 13.1. The maximum absolute atomic E-state index is 13.1. The van der Waals surface area contributed by atoms with Crippen molar-refractivity contribution in [3.05, 3.63) is 60.4 Å². The van der Waals surface area contributed by atoms with Crippen LogP contribution in [-0.4, -0.2) is 29.1 Å². The molecule has 2 unspecified atom stereocenters. The first-order valence-corrected chi connectivity index (χ1v) is 9.96. The second-order valence-electron chi connectivity index (χ2n) is 7.60. The molecule has 0 bridgehead atoms. The number of fused-ring (bicyclic) bond motifs is 3. The lowest BCUT2D eigenvalue weighted by atomic mass is 9.84. The molecule has 140 valence electrons. The van der Waals surface area contributed by atoms with Crippen molar-refractivity contribution in [1.29, 1.82) is 0 Å². The molecule has 4 nitrogen and oxygen atoms in total. The van der Waals surface area contributed by atoms with E-state index in [-0.39, 0.29) is 11.8 Å². The normalized spacial score (nSPS) is 19.3. The van der Waals surface area contributed by atoms with E-state index in [1.54, 1.807) is 0 Å². The molecular formula is C23H27N3O. The minimum absolute atomic E-state index is 0.104. The number of imidazole rings is 1. The molecule has 3 aromatic rings. The Balaban J connectivity index is 1.62. The van der Waals surface area contributed by atoms with E-state index in [2.05, 4.69) is 43.1 Å². The molecule has 4 rings (SSSR count). The van der Waals surface area contributed by atoms with Gasteiger partial charge in [0.2, 0.25) is 5.91 Å². The Morgan fingerprint density at radius 1 is 1.04 bits per heavy atom. The van der Waals surface area contributed by atoms with E-state index in [0.29, 0.717) is 5.92 Å². The van der Waals surface area contributed by atoms with Crippen LogP contribution in [0.5, 0.6) is 0 Å². The van der Waals surface area contributed by atoms with Gasteiger partial charge in [-0.15, -0.1) is 0 Å². The van der Waals surface area contributed by atoms with Crippen LogP contribution in [0, 0.1) is 5.92 Å². The van der Waals surface area contributed by atoms with Crippen LogP contribution in [-0.2, 0) is 0 Å². The van der Waals surface area contributed by atoms with Crippen LogP contribution in [0.4, 0.5) is 5.69 Å². The number of hydrogen-bond acceptors (Lipinski definition) is 3. The van der Waals surface area contributed by atoms with Crippen molar-refractivity contribution in [2.75, 3.05) is 18.5 Å². The Bertz CT molecular complexity index is 931. The zero-order valence-corrected chi connectivity index (χ0v) is 16.1. The van der Waals surface area contributed by atoms with Crippen LogP contribution < -0.4 is 4.90 Å². The predicted octanol–water partition coefficient (Wildman–Crippen LogP) is 5.11. The lowest BCUT2D eigenvalue weighted by Gasteiger charge is -2.30. The standard InChI is InChI=1S/C23H27N3O/c1-3-9-18-16-17(14-15-25(2)19-10-5-4-6-11-19)22-24-20-12-7-8-13-21(20)26(22)23(18)27/h4-8,10-13,17-18H,3,9,14-16H2,1-2H3. The van der Waals surface area contributed by atoms with Gasteiger partial charge >= 0.3 is 0 Å². The topological polar surface area (TPSA) is 38.1 Å². The van der Waals surface area contributed by atoms with Gasteiger partial charge in [-0.05, 0) is 43.5 Å². The monoisotopic (exact) mass is 361 g/mol. The molecule has 0 radical (unpaired) electrons. The summed E-state index contributed by atoms with van der Waals surface area (Å²) in [5.74, 6) is 1.60. The number of benzene rings is 2.